The Bertz CT molecular complexity index is 1190. The van der Waals surface area contributed by atoms with Crippen molar-refractivity contribution in [2.24, 2.45) is 0 Å². The van der Waals surface area contributed by atoms with Crippen molar-refractivity contribution in [3.63, 3.8) is 0 Å². The Labute approximate surface area is 204 Å². The summed E-state index contributed by atoms with van der Waals surface area (Å²) in [6, 6.07) is 0.600. The molecule has 2 aliphatic rings. The molecule has 0 spiro atoms. The van der Waals surface area contributed by atoms with Gasteiger partial charge in [0.2, 0.25) is 0 Å². The van der Waals surface area contributed by atoms with Crippen LogP contribution in [0, 0.1) is 0 Å². The number of aromatic nitrogens is 2. The van der Waals surface area contributed by atoms with E-state index in [0.29, 0.717) is 51.3 Å². The predicted octanol–water partition coefficient (Wildman–Crippen LogP) is 3.78. The fourth-order valence-corrected chi connectivity index (χ4v) is 4.91. The van der Waals surface area contributed by atoms with Crippen molar-refractivity contribution >= 4 is 56.6 Å². The molecule has 1 saturated heterocycles. The Hall–Kier alpha value is -2.33. The maximum Gasteiger partial charge on any atom is 0.410 e. The normalized spacial score (nSPS) is 22.8. The van der Waals surface area contributed by atoms with Crippen molar-refractivity contribution < 1.29 is 19.1 Å². The Balaban J connectivity index is 1.80. The van der Waals surface area contributed by atoms with Gasteiger partial charge in [0.15, 0.2) is 5.75 Å². The van der Waals surface area contributed by atoms with E-state index in [0.717, 1.165) is 0 Å². The minimum atomic E-state index is -0.775. The third-order valence-electron chi connectivity index (χ3n) is 5.81. The van der Waals surface area contributed by atoms with Crippen LogP contribution in [0.1, 0.15) is 40.7 Å². The van der Waals surface area contributed by atoms with Gasteiger partial charge in [-0.3, -0.25) is 4.57 Å². The average Bonchev–Trinajstić information content (AvgIpc) is 2.73. The molecule has 1 aromatic heterocycles. The smallest absolute Gasteiger partial charge is 0.410 e. The van der Waals surface area contributed by atoms with Crippen LogP contribution in [-0.2, 0) is 9.53 Å². The zero-order valence-electron chi connectivity index (χ0n) is 19.1. The molecule has 0 unspecified atom stereocenters. The summed E-state index contributed by atoms with van der Waals surface area (Å²) in [7, 11) is 0. The van der Waals surface area contributed by atoms with Crippen LogP contribution in [0.4, 0.5) is 10.6 Å². The lowest BCUT2D eigenvalue weighted by atomic mass is 10.1. The first-order valence-corrected chi connectivity index (χ1v) is 11.9. The first-order chi connectivity index (χ1) is 15.4. The third-order valence-corrected chi connectivity index (χ3v) is 7.13. The molecule has 9 nitrogen and oxygen atoms in total. The second-order valence-corrected chi connectivity index (χ2v) is 10.7. The van der Waals surface area contributed by atoms with Gasteiger partial charge in [-0.05, 0) is 56.6 Å². The quantitative estimate of drug-likeness (QED) is 0.534. The van der Waals surface area contributed by atoms with E-state index in [1.165, 1.54) is 4.57 Å². The van der Waals surface area contributed by atoms with Crippen LogP contribution < -0.4 is 15.3 Å². The average molecular weight is 542 g/mol. The standard InChI is InChI=1S/C22H26BrClN4O5/c1-11-8-27(21(31)33-22(3,4)5)12(2)7-26(11)19-14-6-15(24)16(23)18-17(14)28(20(30)25-19)13(9-29)10-32-18/h6,9,11-13H,7-8,10H2,1-5H3/t11-,12-,13+/m0/s1. The highest BCUT2D eigenvalue weighted by Crippen LogP contribution is 2.44. The zero-order valence-corrected chi connectivity index (χ0v) is 21.4. The Morgan fingerprint density at radius 3 is 2.64 bits per heavy atom. The van der Waals surface area contributed by atoms with Crippen LogP contribution in [0.25, 0.3) is 10.9 Å². The maximum atomic E-state index is 13.1. The molecule has 3 atom stereocenters. The molecule has 11 heteroatoms. The van der Waals surface area contributed by atoms with Crippen LogP contribution in [0.15, 0.2) is 15.3 Å². The highest BCUT2D eigenvalue weighted by atomic mass is 79.9. The van der Waals surface area contributed by atoms with Crippen molar-refractivity contribution in [3.05, 3.63) is 26.0 Å². The van der Waals surface area contributed by atoms with Gasteiger partial charge in [-0.25, -0.2) is 9.59 Å². The molecule has 0 radical (unpaired) electrons. The summed E-state index contributed by atoms with van der Waals surface area (Å²) in [5, 5.41) is 1.01. The SMILES string of the molecule is C[C@H]1CN(c2nc(=O)n3c4c(c(Br)c(Cl)cc24)OC[C@H]3C=O)[C@@H](C)CN1C(=O)OC(C)(C)C. The van der Waals surface area contributed by atoms with Crippen LogP contribution in [0.2, 0.25) is 5.02 Å². The number of carbonyl (C=O) groups excluding carboxylic acids is 2. The lowest BCUT2D eigenvalue weighted by Gasteiger charge is -2.45. The van der Waals surface area contributed by atoms with E-state index < -0.39 is 17.3 Å². The number of rotatable bonds is 2. The highest BCUT2D eigenvalue weighted by molar-refractivity contribution is 9.10. The Kier molecular flexibility index (Phi) is 6.11. The molecular formula is C22H26BrClN4O5. The number of hydrogen-bond donors (Lipinski definition) is 0. The topological polar surface area (TPSA) is 94.0 Å². The minimum Gasteiger partial charge on any atom is -0.487 e. The summed E-state index contributed by atoms with van der Waals surface area (Å²) < 4.78 is 13.2. The van der Waals surface area contributed by atoms with E-state index in [-0.39, 0.29) is 24.8 Å². The molecule has 1 amide bonds. The number of benzene rings is 1. The Morgan fingerprint density at radius 2 is 2.00 bits per heavy atom. The summed E-state index contributed by atoms with van der Waals surface area (Å²) >= 11 is 9.89. The predicted molar refractivity (Wildman–Crippen MR) is 129 cm³/mol. The molecule has 0 N–H and O–H groups in total. The van der Waals surface area contributed by atoms with Crippen molar-refractivity contribution in [2.75, 3.05) is 24.6 Å². The molecule has 1 fully saturated rings. The number of amides is 1. The van der Waals surface area contributed by atoms with Gasteiger partial charge in [0.25, 0.3) is 0 Å². The molecular weight excluding hydrogens is 516 g/mol. The lowest BCUT2D eigenvalue weighted by Crippen LogP contribution is -2.59. The molecule has 2 aromatic rings. The zero-order chi connectivity index (χ0) is 24.2. The molecule has 0 bridgehead atoms. The summed E-state index contributed by atoms with van der Waals surface area (Å²) in [6.45, 7) is 10.2. The lowest BCUT2D eigenvalue weighted by molar-refractivity contribution is -0.111. The van der Waals surface area contributed by atoms with Gasteiger partial charge < -0.3 is 24.1 Å². The number of hydrogen-bond acceptors (Lipinski definition) is 7. The minimum absolute atomic E-state index is 0.0213. The monoisotopic (exact) mass is 540 g/mol. The fraction of sp³-hybridized carbons (Fsp3) is 0.545. The van der Waals surface area contributed by atoms with Crippen LogP contribution in [-0.4, -0.2) is 64.2 Å². The second-order valence-electron chi connectivity index (χ2n) is 9.48. The largest absolute Gasteiger partial charge is 0.487 e. The summed E-state index contributed by atoms with van der Waals surface area (Å²) in [4.78, 5) is 45.5. The van der Waals surface area contributed by atoms with Crippen LogP contribution in [0.5, 0.6) is 5.75 Å². The Morgan fingerprint density at radius 1 is 1.30 bits per heavy atom. The molecule has 1 aromatic carbocycles. The van der Waals surface area contributed by atoms with E-state index in [1.807, 2.05) is 39.5 Å². The number of halogens is 2. The van der Waals surface area contributed by atoms with E-state index in [2.05, 4.69) is 20.9 Å². The third kappa shape index (κ3) is 4.19. The fourth-order valence-electron chi connectivity index (χ4n) is 4.30. The molecule has 0 saturated carbocycles. The summed E-state index contributed by atoms with van der Waals surface area (Å²) in [5.74, 6) is 0.852. The molecule has 4 rings (SSSR count). The van der Waals surface area contributed by atoms with Crippen LogP contribution in [0.3, 0.4) is 0 Å². The number of ether oxygens (including phenoxy) is 2. The molecule has 33 heavy (non-hydrogen) atoms. The second kappa shape index (κ2) is 8.47. The molecule has 3 heterocycles. The van der Waals surface area contributed by atoms with Gasteiger partial charge in [-0.15, -0.1) is 0 Å². The van der Waals surface area contributed by atoms with E-state index in [9.17, 15) is 14.4 Å². The van der Waals surface area contributed by atoms with Crippen molar-refractivity contribution in [3.8, 4) is 5.75 Å². The summed E-state index contributed by atoms with van der Waals surface area (Å²) in [5.41, 5.74) is -0.662. The van der Waals surface area contributed by atoms with Gasteiger partial charge in [0, 0.05) is 30.6 Å². The van der Waals surface area contributed by atoms with Gasteiger partial charge in [-0.1, -0.05) is 11.6 Å². The summed E-state index contributed by atoms with van der Waals surface area (Å²) in [6.07, 6.45) is 0.304. The highest BCUT2D eigenvalue weighted by Gasteiger charge is 2.37. The first-order valence-electron chi connectivity index (χ1n) is 10.7. The number of piperazine rings is 1. The van der Waals surface area contributed by atoms with Crippen LogP contribution >= 0.6 is 27.5 Å². The number of aldehydes is 1. The van der Waals surface area contributed by atoms with E-state index in [1.54, 1.807) is 11.0 Å². The molecule has 178 valence electrons. The number of nitrogens with zero attached hydrogens (tertiary/aromatic N) is 4. The van der Waals surface area contributed by atoms with Crippen molar-refractivity contribution in [1.29, 1.82) is 0 Å². The maximum absolute atomic E-state index is 13.1. The van der Waals surface area contributed by atoms with Gasteiger partial charge in [0.05, 0.1) is 9.50 Å². The van der Waals surface area contributed by atoms with Gasteiger partial charge >= 0.3 is 11.8 Å². The number of carbonyl (C=O) groups is 2. The van der Waals surface area contributed by atoms with Gasteiger partial charge in [-0.2, -0.15) is 4.98 Å². The first kappa shape index (κ1) is 23.8. The van der Waals surface area contributed by atoms with Crippen molar-refractivity contribution in [1.82, 2.24) is 14.5 Å². The molecule has 2 aliphatic heterocycles. The van der Waals surface area contributed by atoms with E-state index in [4.69, 9.17) is 21.1 Å². The molecule has 0 aliphatic carbocycles. The van der Waals surface area contributed by atoms with E-state index >= 15 is 0 Å². The number of anilines is 1. The van der Waals surface area contributed by atoms with Crippen molar-refractivity contribution in [2.45, 2.75) is 58.3 Å². The van der Waals surface area contributed by atoms with Gasteiger partial charge in [0.1, 0.15) is 35.9 Å².